The third-order valence-electron chi connectivity index (χ3n) is 4.03. The van der Waals surface area contributed by atoms with E-state index in [4.69, 9.17) is 0 Å². The van der Waals surface area contributed by atoms with E-state index in [0.29, 0.717) is 29.0 Å². The molecule has 2 N–H and O–H groups in total. The Hall–Kier alpha value is -3.15. The van der Waals surface area contributed by atoms with Crippen LogP contribution in [0.3, 0.4) is 0 Å². The van der Waals surface area contributed by atoms with Crippen molar-refractivity contribution in [3.05, 3.63) is 59.7 Å². The van der Waals surface area contributed by atoms with E-state index in [1.54, 1.807) is 60.5 Å². The molecule has 2 aromatic rings. The Kier molecular flexibility index (Phi) is 7.11. The number of hydrogen-bond donors (Lipinski definition) is 2. The summed E-state index contributed by atoms with van der Waals surface area (Å²) in [4.78, 5) is 37.7. The van der Waals surface area contributed by atoms with Gasteiger partial charge in [-0.05, 0) is 48.9 Å². The van der Waals surface area contributed by atoms with Gasteiger partial charge in [-0.2, -0.15) is 0 Å². The fourth-order valence-corrected chi connectivity index (χ4v) is 2.55. The molecule has 0 fully saturated rings. The highest BCUT2D eigenvalue weighted by Gasteiger charge is 2.14. The largest absolute Gasteiger partial charge is 0.342 e. The van der Waals surface area contributed by atoms with Gasteiger partial charge in [0, 0.05) is 43.0 Å². The standard InChI is InChI=1S/C21H25N3O3/c1-4-5-13-24(3)21(27)17-8-6-7-16(14-17)20(26)23-19-11-9-18(10-12-19)22-15(2)25/h6-12,14H,4-5,13H2,1-3H3,(H,22,25)(H,23,26). The molecule has 0 radical (unpaired) electrons. The fourth-order valence-electron chi connectivity index (χ4n) is 2.55. The molecule has 0 saturated heterocycles. The van der Waals surface area contributed by atoms with Gasteiger partial charge >= 0.3 is 0 Å². The van der Waals surface area contributed by atoms with Crippen LogP contribution >= 0.6 is 0 Å². The van der Waals surface area contributed by atoms with E-state index in [0.717, 1.165) is 12.8 Å². The lowest BCUT2D eigenvalue weighted by Gasteiger charge is -2.17. The second-order valence-corrected chi connectivity index (χ2v) is 6.37. The van der Waals surface area contributed by atoms with Crippen LogP contribution in [-0.4, -0.2) is 36.2 Å². The molecular weight excluding hydrogens is 342 g/mol. The number of carbonyl (C=O) groups is 3. The maximum absolute atomic E-state index is 12.5. The van der Waals surface area contributed by atoms with Gasteiger partial charge in [0.2, 0.25) is 5.91 Å². The average molecular weight is 367 g/mol. The Morgan fingerprint density at radius 1 is 0.926 bits per heavy atom. The van der Waals surface area contributed by atoms with Crippen molar-refractivity contribution in [2.45, 2.75) is 26.7 Å². The molecule has 0 aliphatic heterocycles. The van der Waals surface area contributed by atoms with Crippen LogP contribution in [0.1, 0.15) is 47.4 Å². The SMILES string of the molecule is CCCCN(C)C(=O)c1cccc(C(=O)Nc2ccc(NC(C)=O)cc2)c1. The summed E-state index contributed by atoms with van der Waals surface area (Å²) in [6.45, 7) is 4.20. The van der Waals surface area contributed by atoms with Crippen molar-refractivity contribution in [3.63, 3.8) is 0 Å². The van der Waals surface area contributed by atoms with Crippen molar-refractivity contribution in [2.24, 2.45) is 0 Å². The summed E-state index contributed by atoms with van der Waals surface area (Å²) in [5.41, 5.74) is 2.16. The minimum absolute atomic E-state index is 0.0993. The molecule has 2 rings (SSSR count). The normalized spacial score (nSPS) is 10.2. The minimum atomic E-state index is -0.298. The molecule has 0 unspecified atom stereocenters. The Bertz CT molecular complexity index is 816. The lowest BCUT2D eigenvalue weighted by Crippen LogP contribution is -2.28. The quantitative estimate of drug-likeness (QED) is 0.782. The van der Waals surface area contributed by atoms with E-state index in [2.05, 4.69) is 17.6 Å². The topological polar surface area (TPSA) is 78.5 Å². The van der Waals surface area contributed by atoms with Crippen molar-refractivity contribution in [2.75, 3.05) is 24.2 Å². The molecule has 0 aromatic heterocycles. The van der Waals surface area contributed by atoms with Crippen LogP contribution in [0.25, 0.3) is 0 Å². The highest BCUT2D eigenvalue weighted by atomic mass is 16.2. The second-order valence-electron chi connectivity index (χ2n) is 6.37. The van der Waals surface area contributed by atoms with Crippen molar-refractivity contribution in [3.8, 4) is 0 Å². The van der Waals surface area contributed by atoms with Gasteiger partial charge in [0.05, 0.1) is 0 Å². The first-order valence-corrected chi connectivity index (χ1v) is 8.95. The van der Waals surface area contributed by atoms with Crippen LogP contribution in [0.4, 0.5) is 11.4 Å². The van der Waals surface area contributed by atoms with Crippen molar-refractivity contribution in [1.82, 2.24) is 4.90 Å². The molecule has 27 heavy (non-hydrogen) atoms. The van der Waals surface area contributed by atoms with Crippen LogP contribution in [0.5, 0.6) is 0 Å². The first-order chi connectivity index (χ1) is 12.9. The van der Waals surface area contributed by atoms with E-state index in [9.17, 15) is 14.4 Å². The van der Waals surface area contributed by atoms with Gasteiger partial charge in [-0.3, -0.25) is 14.4 Å². The molecule has 0 atom stereocenters. The summed E-state index contributed by atoms with van der Waals surface area (Å²) >= 11 is 0. The highest BCUT2D eigenvalue weighted by Crippen LogP contribution is 2.15. The zero-order valence-electron chi connectivity index (χ0n) is 15.9. The third kappa shape index (κ3) is 5.95. The van der Waals surface area contributed by atoms with E-state index >= 15 is 0 Å². The molecule has 6 heteroatoms. The van der Waals surface area contributed by atoms with Crippen LogP contribution < -0.4 is 10.6 Å². The maximum atomic E-state index is 12.5. The van der Waals surface area contributed by atoms with E-state index < -0.39 is 0 Å². The molecule has 0 aliphatic rings. The summed E-state index contributed by atoms with van der Waals surface area (Å²) in [5, 5.41) is 5.46. The first kappa shape index (κ1) is 20.2. The zero-order chi connectivity index (χ0) is 19.8. The van der Waals surface area contributed by atoms with Crippen molar-refractivity contribution < 1.29 is 14.4 Å². The Morgan fingerprint density at radius 3 is 2.11 bits per heavy atom. The summed E-state index contributed by atoms with van der Waals surface area (Å²) in [5.74, 6) is -0.553. The Balaban J connectivity index is 2.06. The number of anilines is 2. The number of nitrogens with one attached hydrogen (secondary N) is 2. The third-order valence-corrected chi connectivity index (χ3v) is 4.03. The fraction of sp³-hybridized carbons (Fsp3) is 0.286. The molecule has 0 spiro atoms. The summed E-state index contributed by atoms with van der Waals surface area (Å²) in [6.07, 6.45) is 1.96. The second kappa shape index (κ2) is 9.52. The lowest BCUT2D eigenvalue weighted by molar-refractivity contribution is -0.114. The predicted octanol–water partition coefficient (Wildman–Crippen LogP) is 3.77. The highest BCUT2D eigenvalue weighted by molar-refractivity contribution is 6.06. The van der Waals surface area contributed by atoms with Gasteiger partial charge in [-0.15, -0.1) is 0 Å². The minimum Gasteiger partial charge on any atom is -0.342 e. The van der Waals surface area contributed by atoms with Crippen LogP contribution in [0, 0.1) is 0 Å². The monoisotopic (exact) mass is 367 g/mol. The van der Waals surface area contributed by atoms with Crippen LogP contribution in [-0.2, 0) is 4.79 Å². The number of benzene rings is 2. The lowest BCUT2D eigenvalue weighted by atomic mass is 10.1. The van der Waals surface area contributed by atoms with Crippen LogP contribution in [0.2, 0.25) is 0 Å². The molecule has 0 aliphatic carbocycles. The number of rotatable bonds is 7. The maximum Gasteiger partial charge on any atom is 0.255 e. The Morgan fingerprint density at radius 2 is 1.52 bits per heavy atom. The van der Waals surface area contributed by atoms with Crippen molar-refractivity contribution in [1.29, 1.82) is 0 Å². The average Bonchev–Trinajstić information content (AvgIpc) is 2.66. The van der Waals surface area contributed by atoms with E-state index in [1.165, 1.54) is 6.92 Å². The Labute approximate surface area is 159 Å². The molecule has 2 aromatic carbocycles. The summed E-state index contributed by atoms with van der Waals surface area (Å²) in [6, 6.07) is 13.5. The molecule has 0 saturated carbocycles. The summed E-state index contributed by atoms with van der Waals surface area (Å²) in [7, 11) is 1.77. The van der Waals surface area contributed by atoms with E-state index in [-0.39, 0.29) is 17.7 Å². The molecule has 3 amide bonds. The number of hydrogen-bond acceptors (Lipinski definition) is 3. The van der Waals surface area contributed by atoms with E-state index in [1.807, 2.05) is 0 Å². The molecule has 6 nitrogen and oxygen atoms in total. The molecular formula is C21H25N3O3. The number of unbranched alkanes of at least 4 members (excludes halogenated alkanes) is 1. The predicted molar refractivity (Wildman–Crippen MR) is 107 cm³/mol. The molecule has 142 valence electrons. The zero-order valence-corrected chi connectivity index (χ0v) is 15.9. The number of amides is 3. The first-order valence-electron chi connectivity index (χ1n) is 8.95. The van der Waals surface area contributed by atoms with Crippen molar-refractivity contribution >= 4 is 29.1 Å². The van der Waals surface area contributed by atoms with Crippen LogP contribution in [0.15, 0.2) is 48.5 Å². The van der Waals surface area contributed by atoms with Gasteiger partial charge in [-0.25, -0.2) is 0 Å². The summed E-state index contributed by atoms with van der Waals surface area (Å²) < 4.78 is 0. The molecule has 0 bridgehead atoms. The van der Waals surface area contributed by atoms with Gasteiger partial charge < -0.3 is 15.5 Å². The van der Waals surface area contributed by atoms with Gasteiger partial charge in [-0.1, -0.05) is 19.4 Å². The smallest absolute Gasteiger partial charge is 0.255 e. The number of carbonyl (C=O) groups excluding carboxylic acids is 3. The molecule has 0 heterocycles. The van der Waals surface area contributed by atoms with Gasteiger partial charge in [0.15, 0.2) is 0 Å². The van der Waals surface area contributed by atoms with Gasteiger partial charge in [0.1, 0.15) is 0 Å². The number of nitrogens with zero attached hydrogens (tertiary/aromatic N) is 1. The van der Waals surface area contributed by atoms with Gasteiger partial charge in [0.25, 0.3) is 11.8 Å².